The Bertz CT molecular complexity index is 685. The molecule has 0 saturated carbocycles. The Hall–Kier alpha value is -2.80. The van der Waals surface area contributed by atoms with Gasteiger partial charge in [0, 0.05) is 5.56 Å². The van der Waals surface area contributed by atoms with Crippen LogP contribution in [-0.4, -0.2) is 12.5 Å². The number of nitrogens with zero attached hydrogens (tertiary/aromatic N) is 1. The maximum absolute atomic E-state index is 12.2. The van der Waals surface area contributed by atoms with Crippen LogP contribution < -0.4 is 10.1 Å². The second-order valence-corrected chi connectivity index (χ2v) is 5.34. The normalized spacial score (nSPS) is 10.1. The number of nitriles is 1. The van der Waals surface area contributed by atoms with Gasteiger partial charge in [-0.05, 0) is 42.3 Å². The summed E-state index contributed by atoms with van der Waals surface area (Å²) < 4.78 is 5.58. The lowest BCUT2D eigenvalue weighted by atomic mass is 10.1. The second kappa shape index (κ2) is 7.28. The van der Waals surface area contributed by atoms with Crippen LogP contribution in [0.25, 0.3) is 0 Å². The van der Waals surface area contributed by atoms with Gasteiger partial charge >= 0.3 is 0 Å². The van der Waals surface area contributed by atoms with Gasteiger partial charge in [-0.1, -0.05) is 26.0 Å². The summed E-state index contributed by atoms with van der Waals surface area (Å²) in [5.41, 5.74) is 1.47. The van der Waals surface area contributed by atoms with Crippen LogP contribution in [0.2, 0.25) is 0 Å². The van der Waals surface area contributed by atoms with Crippen LogP contribution >= 0.6 is 0 Å². The Balaban J connectivity index is 2.05. The Morgan fingerprint density at radius 2 is 1.86 bits per heavy atom. The molecule has 0 atom stereocenters. The first-order valence-corrected chi connectivity index (χ1v) is 7.13. The van der Waals surface area contributed by atoms with E-state index in [0.29, 0.717) is 29.3 Å². The number of rotatable bonds is 5. The van der Waals surface area contributed by atoms with E-state index in [1.54, 1.807) is 48.5 Å². The van der Waals surface area contributed by atoms with Gasteiger partial charge in [0.2, 0.25) is 0 Å². The molecule has 2 aromatic rings. The molecular formula is C18H18N2O2. The first-order chi connectivity index (χ1) is 10.6. The van der Waals surface area contributed by atoms with E-state index < -0.39 is 0 Å². The zero-order valence-electron chi connectivity index (χ0n) is 12.7. The molecule has 0 spiro atoms. The van der Waals surface area contributed by atoms with E-state index in [-0.39, 0.29) is 5.91 Å². The number of para-hydroxylation sites is 1. The van der Waals surface area contributed by atoms with Gasteiger partial charge in [0.25, 0.3) is 5.91 Å². The Labute approximate surface area is 130 Å². The average molecular weight is 294 g/mol. The van der Waals surface area contributed by atoms with E-state index in [0.717, 1.165) is 5.75 Å². The molecule has 0 aliphatic rings. The third kappa shape index (κ3) is 4.10. The van der Waals surface area contributed by atoms with Gasteiger partial charge in [0.1, 0.15) is 11.8 Å². The molecule has 4 nitrogen and oxygen atoms in total. The first-order valence-electron chi connectivity index (χ1n) is 7.13. The molecule has 0 heterocycles. The van der Waals surface area contributed by atoms with E-state index in [9.17, 15) is 4.79 Å². The highest BCUT2D eigenvalue weighted by atomic mass is 16.5. The fraction of sp³-hybridized carbons (Fsp3) is 0.222. The van der Waals surface area contributed by atoms with Crippen LogP contribution in [0.15, 0.2) is 48.5 Å². The summed E-state index contributed by atoms with van der Waals surface area (Å²) in [5.74, 6) is 0.936. The number of hydrogen-bond donors (Lipinski definition) is 1. The van der Waals surface area contributed by atoms with Crippen LogP contribution in [-0.2, 0) is 0 Å². The van der Waals surface area contributed by atoms with Crippen LogP contribution in [0.5, 0.6) is 5.75 Å². The monoisotopic (exact) mass is 294 g/mol. The topological polar surface area (TPSA) is 62.1 Å². The molecule has 0 aromatic heterocycles. The number of ether oxygens (including phenoxy) is 1. The largest absolute Gasteiger partial charge is 0.493 e. The maximum Gasteiger partial charge on any atom is 0.255 e. The van der Waals surface area contributed by atoms with Crippen LogP contribution in [0.4, 0.5) is 5.69 Å². The third-order valence-electron chi connectivity index (χ3n) is 3.00. The van der Waals surface area contributed by atoms with Crippen molar-refractivity contribution in [3.63, 3.8) is 0 Å². The van der Waals surface area contributed by atoms with Crippen LogP contribution in [0.3, 0.4) is 0 Å². The SMILES string of the molecule is CC(C)COc1ccc(C(=O)Nc2ccccc2C#N)cc1. The Kier molecular flexibility index (Phi) is 5.16. The third-order valence-corrected chi connectivity index (χ3v) is 3.00. The van der Waals surface area contributed by atoms with E-state index in [4.69, 9.17) is 10.00 Å². The molecule has 0 bridgehead atoms. The molecular weight excluding hydrogens is 276 g/mol. The molecule has 22 heavy (non-hydrogen) atoms. The number of carbonyl (C=O) groups excluding carboxylic acids is 1. The first kappa shape index (κ1) is 15.6. The molecule has 0 unspecified atom stereocenters. The van der Waals surface area contributed by atoms with Gasteiger partial charge in [-0.3, -0.25) is 4.79 Å². The van der Waals surface area contributed by atoms with Gasteiger partial charge in [-0.15, -0.1) is 0 Å². The lowest BCUT2D eigenvalue weighted by Crippen LogP contribution is -2.12. The molecule has 0 radical (unpaired) electrons. The van der Waals surface area contributed by atoms with Crippen LogP contribution in [0.1, 0.15) is 29.8 Å². The molecule has 2 rings (SSSR count). The summed E-state index contributed by atoms with van der Waals surface area (Å²) in [6, 6.07) is 15.9. The summed E-state index contributed by atoms with van der Waals surface area (Å²) in [6.45, 7) is 4.80. The van der Waals surface area contributed by atoms with Gasteiger partial charge in [0.15, 0.2) is 0 Å². The summed E-state index contributed by atoms with van der Waals surface area (Å²) >= 11 is 0. The van der Waals surface area contributed by atoms with E-state index >= 15 is 0 Å². The van der Waals surface area contributed by atoms with E-state index in [2.05, 4.69) is 25.2 Å². The van der Waals surface area contributed by atoms with Crippen molar-refractivity contribution in [2.24, 2.45) is 5.92 Å². The number of nitrogens with one attached hydrogen (secondary N) is 1. The Morgan fingerprint density at radius 3 is 2.50 bits per heavy atom. The quantitative estimate of drug-likeness (QED) is 0.911. The minimum absolute atomic E-state index is 0.252. The van der Waals surface area contributed by atoms with Crippen molar-refractivity contribution in [2.45, 2.75) is 13.8 Å². The van der Waals surface area contributed by atoms with Crippen molar-refractivity contribution in [3.05, 3.63) is 59.7 Å². The average Bonchev–Trinajstić information content (AvgIpc) is 2.54. The smallest absolute Gasteiger partial charge is 0.255 e. The Morgan fingerprint density at radius 1 is 1.18 bits per heavy atom. The van der Waals surface area contributed by atoms with Crippen molar-refractivity contribution in [3.8, 4) is 11.8 Å². The highest BCUT2D eigenvalue weighted by Gasteiger charge is 2.09. The predicted molar refractivity (Wildman–Crippen MR) is 85.9 cm³/mol. The maximum atomic E-state index is 12.2. The highest BCUT2D eigenvalue weighted by molar-refractivity contribution is 6.04. The lowest BCUT2D eigenvalue weighted by Gasteiger charge is -2.10. The standard InChI is InChI=1S/C18H18N2O2/c1-13(2)12-22-16-9-7-14(8-10-16)18(21)20-17-6-4-3-5-15(17)11-19/h3-10,13H,12H2,1-2H3,(H,20,21). The molecule has 4 heteroatoms. The number of anilines is 1. The number of hydrogen-bond acceptors (Lipinski definition) is 3. The van der Waals surface area contributed by atoms with Crippen LogP contribution in [0, 0.1) is 17.2 Å². The fourth-order valence-electron chi connectivity index (χ4n) is 1.85. The number of benzene rings is 2. The minimum atomic E-state index is -0.252. The summed E-state index contributed by atoms with van der Waals surface area (Å²) in [7, 11) is 0. The molecule has 112 valence electrons. The van der Waals surface area contributed by atoms with Crippen molar-refractivity contribution in [1.29, 1.82) is 5.26 Å². The summed E-state index contributed by atoms with van der Waals surface area (Å²) in [6.07, 6.45) is 0. The number of carbonyl (C=O) groups is 1. The minimum Gasteiger partial charge on any atom is -0.493 e. The zero-order chi connectivity index (χ0) is 15.9. The fourth-order valence-corrected chi connectivity index (χ4v) is 1.85. The molecule has 0 fully saturated rings. The molecule has 2 aromatic carbocycles. The zero-order valence-corrected chi connectivity index (χ0v) is 12.7. The lowest BCUT2D eigenvalue weighted by molar-refractivity contribution is 0.102. The molecule has 0 saturated heterocycles. The van der Waals surface area contributed by atoms with Gasteiger partial charge in [-0.25, -0.2) is 0 Å². The van der Waals surface area contributed by atoms with Gasteiger partial charge in [-0.2, -0.15) is 5.26 Å². The molecule has 0 aliphatic carbocycles. The van der Waals surface area contributed by atoms with Crippen molar-refractivity contribution < 1.29 is 9.53 Å². The highest BCUT2D eigenvalue weighted by Crippen LogP contribution is 2.17. The second-order valence-electron chi connectivity index (χ2n) is 5.34. The van der Waals surface area contributed by atoms with Crippen molar-refractivity contribution in [1.82, 2.24) is 0 Å². The number of amides is 1. The van der Waals surface area contributed by atoms with Crippen molar-refractivity contribution in [2.75, 3.05) is 11.9 Å². The van der Waals surface area contributed by atoms with E-state index in [1.165, 1.54) is 0 Å². The predicted octanol–water partition coefficient (Wildman–Crippen LogP) is 3.85. The van der Waals surface area contributed by atoms with Gasteiger partial charge < -0.3 is 10.1 Å². The molecule has 0 aliphatic heterocycles. The summed E-state index contributed by atoms with van der Waals surface area (Å²) in [5, 5.41) is 11.8. The molecule has 1 N–H and O–H groups in total. The van der Waals surface area contributed by atoms with Gasteiger partial charge in [0.05, 0.1) is 17.9 Å². The van der Waals surface area contributed by atoms with Crippen molar-refractivity contribution >= 4 is 11.6 Å². The molecule has 1 amide bonds. The summed E-state index contributed by atoms with van der Waals surface area (Å²) in [4.78, 5) is 12.2. The van der Waals surface area contributed by atoms with E-state index in [1.807, 2.05) is 0 Å².